The first-order valence-corrected chi connectivity index (χ1v) is 22.7. The second kappa shape index (κ2) is 15.1. The van der Waals surface area contributed by atoms with Crippen LogP contribution < -0.4 is 9.30 Å². The molecule has 8 aromatic carbocycles. The molecule has 11 aromatic rings. The molecule has 0 saturated carbocycles. The first-order valence-electron chi connectivity index (χ1n) is 22.7. The normalized spacial score (nSPS) is 13.1. The molecule has 0 atom stereocenters. The van der Waals surface area contributed by atoms with E-state index in [0.717, 1.165) is 61.2 Å². The summed E-state index contributed by atoms with van der Waals surface area (Å²) >= 11 is 0. The standard InChI is InChI=1S/C61H44N4O.Pt/c1-60(2,3)38-32-33-62-56(34-38)65-53-26-13-10-19-43(53)45-29-28-41(36-55(45)65)66-40-17-14-16-39(35-40)63-37-64-52-25-12-9-20-44(52)47-30-31-51-58(49-22-8-11-24-50(49)61(51,4)5)57(47)46-21-7-6-18-42(46)48-23-15-27-54(63)59(48)64;/h6-34H,1-5H3;/q-2;. The number of hydrogen-bond acceptors (Lipinski definition) is 2. The first kappa shape index (κ1) is 41.1. The van der Waals surface area contributed by atoms with Gasteiger partial charge in [0, 0.05) is 49.7 Å². The Labute approximate surface area is 404 Å². The van der Waals surface area contributed by atoms with Crippen molar-refractivity contribution in [1.29, 1.82) is 0 Å². The summed E-state index contributed by atoms with van der Waals surface area (Å²) in [6.07, 6.45) is 5.74. The van der Waals surface area contributed by atoms with Crippen molar-refractivity contribution in [3.8, 4) is 73.2 Å². The quantitative estimate of drug-likeness (QED) is 0.130. The largest absolute Gasteiger partial charge is 0.510 e. The minimum atomic E-state index is -0.131. The topological polar surface area (TPSA) is 35.9 Å². The molecule has 4 heterocycles. The fraction of sp³-hybridized carbons (Fsp3) is 0.115. The maximum Gasteiger partial charge on any atom is 0.268 e. The molecule has 0 N–H and O–H groups in total. The smallest absolute Gasteiger partial charge is 0.268 e. The van der Waals surface area contributed by atoms with Gasteiger partial charge >= 0.3 is 0 Å². The van der Waals surface area contributed by atoms with E-state index in [-0.39, 0.29) is 31.9 Å². The van der Waals surface area contributed by atoms with Crippen LogP contribution in [0.2, 0.25) is 0 Å². The van der Waals surface area contributed by atoms with Gasteiger partial charge < -0.3 is 13.9 Å². The summed E-state index contributed by atoms with van der Waals surface area (Å²) < 4.78 is 13.3. The Morgan fingerprint density at radius 3 is 2.12 bits per heavy atom. The van der Waals surface area contributed by atoms with Gasteiger partial charge in [-0.15, -0.1) is 29.7 Å². The zero-order chi connectivity index (χ0) is 44.5. The van der Waals surface area contributed by atoms with Gasteiger partial charge in [-0.1, -0.05) is 155 Å². The van der Waals surface area contributed by atoms with Crippen LogP contribution in [0.15, 0.2) is 176 Å². The summed E-state index contributed by atoms with van der Waals surface area (Å²) in [6, 6.07) is 68.2. The van der Waals surface area contributed by atoms with Crippen molar-refractivity contribution >= 4 is 32.8 Å². The summed E-state index contributed by atoms with van der Waals surface area (Å²) in [5.74, 6) is 2.02. The van der Waals surface area contributed by atoms with Crippen LogP contribution in [0.3, 0.4) is 0 Å². The molecule has 2 aliphatic rings. The van der Waals surface area contributed by atoms with Crippen molar-refractivity contribution in [1.82, 2.24) is 14.1 Å². The van der Waals surface area contributed by atoms with Gasteiger partial charge in [-0.2, -0.15) is 18.2 Å². The molecule has 67 heavy (non-hydrogen) atoms. The van der Waals surface area contributed by atoms with Gasteiger partial charge in [0.1, 0.15) is 5.82 Å². The fourth-order valence-electron chi connectivity index (χ4n) is 10.8. The Kier molecular flexibility index (Phi) is 9.27. The van der Waals surface area contributed by atoms with E-state index in [1.165, 1.54) is 50.1 Å². The predicted molar refractivity (Wildman–Crippen MR) is 266 cm³/mol. The molecule has 6 heteroatoms. The number of imidazole rings is 1. The van der Waals surface area contributed by atoms with E-state index in [0.29, 0.717) is 11.5 Å². The average molecular weight is 1040 g/mol. The summed E-state index contributed by atoms with van der Waals surface area (Å²) in [5.41, 5.74) is 19.5. The SMILES string of the molecule is CC(C)(C)c1ccnc(-n2c3[c-]c(Oc4[c-]c(-n5[c-][n+]6c7c(cccc75)-c5ccccc5-c5c(ccc7c5-c5ccccc5C7(C)C)-c5ccccc5-6)ccc4)ccc3c3ccccc32)c1.[Pt]. The van der Waals surface area contributed by atoms with Gasteiger partial charge in [0.05, 0.1) is 16.7 Å². The zero-order valence-corrected chi connectivity index (χ0v) is 40.0. The van der Waals surface area contributed by atoms with Crippen LogP contribution in [0.5, 0.6) is 11.5 Å². The summed E-state index contributed by atoms with van der Waals surface area (Å²) in [5, 5.41) is 2.23. The van der Waals surface area contributed by atoms with E-state index in [1.807, 2.05) is 24.4 Å². The van der Waals surface area contributed by atoms with Gasteiger partial charge in [0.15, 0.2) is 0 Å². The molecule has 5 nitrogen and oxygen atoms in total. The predicted octanol–water partition coefficient (Wildman–Crippen LogP) is 14.5. The Hall–Kier alpha value is -7.33. The summed E-state index contributed by atoms with van der Waals surface area (Å²) in [6.45, 7) is 11.4. The first-order chi connectivity index (χ1) is 32.1. The number of fused-ring (bicyclic) bond motifs is 14. The molecule has 0 bridgehead atoms. The van der Waals surface area contributed by atoms with Crippen LogP contribution in [0.1, 0.15) is 51.3 Å². The number of ether oxygens (including phenoxy) is 1. The molecular weight excluding hydrogens is 1000 g/mol. The molecule has 326 valence electrons. The van der Waals surface area contributed by atoms with Crippen molar-refractivity contribution in [3.05, 3.63) is 211 Å². The monoisotopic (exact) mass is 1040 g/mol. The van der Waals surface area contributed by atoms with E-state index in [4.69, 9.17) is 9.72 Å². The van der Waals surface area contributed by atoms with E-state index < -0.39 is 0 Å². The van der Waals surface area contributed by atoms with Gasteiger partial charge in [0.25, 0.3) is 6.33 Å². The van der Waals surface area contributed by atoms with Crippen LogP contribution in [-0.4, -0.2) is 14.1 Å². The van der Waals surface area contributed by atoms with Gasteiger partial charge in [-0.3, -0.25) is 4.57 Å². The average Bonchev–Trinajstić information content (AvgIpc) is 3.97. The van der Waals surface area contributed by atoms with Crippen LogP contribution in [0.25, 0.3) is 94.5 Å². The molecule has 3 aromatic heterocycles. The molecule has 0 radical (unpaired) electrons. The van der Waals surface area contributed by atoms with Gasteiger partial charge in [0.2, 0.25) is 0 Å². The summed E-state index contributed by atoms with van der Waals surface area (Å²) in [4.78, 5) is 4.87. The Morgan fingerprint density at radius 1 is 0.567 bits per heavy atom. The minimum absolute atomic E-state index is 0. The molecule has 1 aliphatic carbocycles. The second-order valence-electron chi connectivity index (χ2n) is 19.2. The number of pyridine rings is 1. The zero-order valence-electron chi connectivity index (χ0n) is 37.8. The molecule has 0 fully saturated rings. The van der Waals surface area contributed by atoms with Crippen molar-refractivity contribution < 1.29 is 30.4 Å². The third-order valence-corrected chi connectivity index (χ3v) is 14.0. The Morgan fingerprint density at radius 2 is 1.27 bits per heavy atom. The van der Waals surface area contributed by atoms with Gasteiger partial charge in [-0.25, -0.2) is 4.98 Å². The molecular formula is C61H44N4OPt-2. The van der Waals surface area contributed by atoms with Crippen molar-refractivity contribution in [3.63, 3.8) is 0 Å². The molecule has 13 rings (SSSR count). The van der Waals surface area contributed by atoms with Crippen molar-refractivity contribution in [2.24, 2.45) is 0 Å². The second-order valence-corrected chi connectivity index (χ2v) is 19.2. The summed E-state index contributed by atoms with van der Waals surface area (Å²) in [7, 11) is 0. The van der Waals surface area contributed by atoms with Crippen LogP contribution in [0, 0.1) is 18.5 Å². The molecule has 0 unspecified atom stereocenters. The Balaban J connectivity index is 0.00000468. The Bertz CT molecular complexity index is 3830. The number of hydrogen-bond donors (Lipinski definition) is 0. The molecule has 0 amide bonds. The van der Waals surface area contributed by atoms with Crippen LogP contribution in [-0.2, 0) is 31.9 Å². The molecule has 1 aliphatic heterocycles. The third-order valence-electron chi connectivity index (χ3n) is 14.0. The number of nitrogens with zero attached hydrogens (tertiary/aromatic N) is 4. The maximum absolute atomic E-state index is 6.69. The maximum atomic E-state index is 6.69. The minimum Gasteiger partial charge on any atom is -0.510 e. The molecule has 0 saturated heterocycles. The van der Waals surface area contributed by atoms with E-state index >= 15 is 0 Å². The van der Waals surface area contributed by atoms with E-state index in [9.17, 15) is 0 Å². The van der Waals surface area contributed by atoms with Crippen molar-refractivity contribution in [2.45, 2.75) is 45.4 Å². The van der Waals surface area contributed by atoms with E-state index in [1.54, 1.807) is 0 Å². The number of rotatable bonds is 4. The van der Waals surface area contributed by atoms with Gasteiger partial charge in [-0.05, 0) is 102 Å². The third kappa shape index (κ3) is 6.18. The molecule has 0 spiro atoms. The fourth-order valence-corrected chi connectivity index (χ4v) is 10.8. The number of para-hydroxylation sites is 3. The van der Waals surface area contributed by atoms with Crippen LogP contribution >= 0.6 is 0 Å². The number of benzene rings is 8. The van der Waals surface area contributed by atoms with Crippen LogP contribution in [0.4, 0.5) is 0 Å². The van der Waals surface area contributed by atoms with E-state index in [2.05, 4.69) is 218 Å². The number of aromatic nitrogens is 4. The van der Waals surface area contributed by atoms with Crippen molar-refractivity contribution in [2.75, 3.05) is 0 Å².